The molecule has 0 aromatic carbocycles. The second-order valence-electron chi connectivity index (χ2n) is 2.56. The monoisotopic (exact) mass is 200 g/mol. The number of carbonyl (C=O) groups is 1. The van der Waals surface area contributed by atoms with E-state index in [1.165, 1.54) is 11.3 Å². The molecule has 1 aromatic rings. The number of methoxy groups -OCH3 is 1. The van der Waals surface area contributed by atoms with Crippen molar-refractivity contribution in [3.8, 4) is 0 Å². The summed E-state index contributed by atoms with van der Waals surface area (Å²) in [5.41, 5.74) is 2.57. The molecule has 72 valence electrons. The van der Waals surface area contributed by atoms with Gasteiger partial charge in [0.15, 0.2) is 0 Å². The Balaban J connectivity index is 2.41. The molecule has 0 atom stereocenters. The molecule has 0 aliphatic rings. The van der Waals surface area contributed by atoms with Crippen LogP contribution in [0.4, 0.5) is 5.00 Å². The van der Waals surface area contributed by atoms with Crippen LogP contribution in [0.25, 0.3) is 0 Å². The summed E-state index contributed by atoms with van der Waals surface area (Å²) in [4.78, 5) is 15.2. The lowest BCUT2D eigenvalue weighted by Crippen LogP contribution is -2.13. The molecule has 0 aliphatic heterocycles. The Labute approximate surface area is 80.9 Å². The first kappa shape index (κ1) is 10.1. The molecule has 13 heavy (non-hydrogen) atoms. The maximum Gasteiger partial charge on any atom is 0.227 e. The number of nitrogens with zero attached hydrogens (tertiary/aromatic N) is 1. The molecule has 0 bridgehead atoms. The van der Waals surface area contributed by atoms with Gasteiger partial charge in [0.2, 0.25) is 5.91 Å². The largest absolute Gasteiger partial charge is 0.384 e. The predicted octanol–water partition coefficient (Wildman–Crippen LogP) is 1.43. The topological polar surface area (TPSA) is 51.2 Å². The van der Waals surface area contributed by atoms with Gasteiger partial charge in [-0.25, -0.2) is 4.98 Å². The lowest BCUT2D eigenvalue weighted by Gasteiger charge is -2.01. The number of hydrogen-bond donors (Lipinski definition) is 1. The quantitative estimate of drug-likeness (QED) is 0.799. The maximum atomic E-state index is 11.2. The summed E-state index contributed by atoms with van der Waals surface area (Å²) in [5.74, 6) is -0.0331. The highest BCUT2D eigenvalue weighted by Crippen LogP contribution is 2.18. The van der Waals surface area contributed by atoms with Crippen LogP contribution < -0.4 is 5.32 Å². The Hall–Kier alpha value is -0.940. The van der Waals surface area contributed by atoms with Crippen molar-refractivity contribution >= 4 is 22.2 Å². The molecule has 0 saturated carbocycles. The average Bonchev–Trinajstić information content (AvgIpc) is 2.48. The molecule has 0 radical (unpaired) electrons. The maximum absolute atomic E-state index is 11.2. The molecule has 4 nitrogen and oxygen atoms in total. The van der Waals surface area contributed by atoms with Gasteiger partial charge in [0, 0.05) is 7.11 Å². The van der Waals surface area contributed by atoms with Crippen LogP contribution in [0.5, 0.6) is 0 Å². The number of anilines is 1. The zero-order valence-corrected chi connectivity index (χ0v) is 8.48. The van der Waals surface area contributed by atoms with Crippen LogP contribution in [-0.2, 0) is 9.53 Å². The Morgan fingerprint density at radius 2 is 2.54 bits per heavy atom. The van der Waals surface area contributed by atoms with Gasteiger partial charge in [-0.15, -0.1) is 11.3 Å². The molecular formula is C8H12N2O2S. The molecule has 1 rings (SSSR count). The normalized spacial score (nSPS) is 10.0. The third kappa shape index (κ3) is 3.12. The van der Waals surface area contributed by atoms with E-state index in [0.717, 1.165) is 10.7 Å². The van der Waals surface area contributed by atoms with Gasteiger partial charge in [0.05, 0.1) is 24.2 Å². The minimum Gasteiger partial charge on any atom is -0.384 e. The van der Waals surface area contributed by atoms with Crippen molar-refractivity contribution in [3.63, 3.8) is 0 Å². The lowest BCUT2D eigenvalue weighted by atomic mass is 10.4. The van der Waals surface area contributed by atoms with Crippen LogP contribution in [0.2, 0.25) is 0 Å². The first-order valence-corrected chi connectivity index (χ1v) is 4.81. The fourth-order valence-electron chi connectivity index (χ4n) is 0.806. The van der Waals surface area contributed by atoms with Crippen molar-refractivity contribution in [2.45, 2.75) is 13.3 Å². The minimum absolute atomic E-state index is 0.0331. The molecule has 5 heteroatoms. The summed E-state index contributed by atoms with van der Waals surface area (Å²) in [6.07, 6.45) is 0.383. The Morgan fingerprint density at radius 3 is 3.08 bits per heavy atom. The lowest BCUT2D eigenvalue weighted by molar-refractivity contribution is -0.117. The highest BCUT2D eigenvalue weighted by molar-refractivity contribution is 7.14. The number of amides is 1. The van der Waals surface area contributed by atoms with E-state index in [2.05, 4.69) is 10.3 Å². The van der Waals surface area contributed by atoms with Crippen molar-refractivity contribution in [2.75, 3.05) is 19.0 Å². The minimum atomic E-state index is -0.0331. The number of carbonyl (C=O) groups excluding carboxylic acids is 1. The highest BCUT2D eigenvalue weighted by Gasteiger charge is 2.05. The van der Waals surface area contributed by atoms with Crippen LogP contribution in [-0.4, -0.2) is 24.6 Å². The fraction of sp³-hybridized carbons (Fsp3) is 0.500. The summed E-state index contributed by atoms with van der Waals surface area (Å²) in [7, 11) is 1.57. The van der Waals surface area contributed by atoms with E-state index in [1.54, 1.807) is 12.6 Å². The first-order chi connectivity index (χ1) is 6.24. The van der Waals surface area contributed by atoms with Gasteiger partial charge in [-0.2, -0.15) is 0 Å². The summed E-state index contributed by atoms with van der Waals surface area (Å²) in [5, 5.41) is 3.58. The zero-order valence-electron chi connectivity index (χ0n) is 7.66. The van der Waals surface area contributed by atoms with Crippen molar-refractivity contribution in [2.24, 2.45) is 0 Å². The standard InChI is InChI=1S/C8H12N2O2S/c1-6-8(13-5-9-6)10-7(11)3-4-12-2/h5H,3-4H2,1-2H3,(H,10,11). The Morgan fingerprint density at radius 1 is 1.77 bits per heavy atom. The van der Waals surface area contributed by atoms with Gasteiger partial charge < -0.3 is 10.1 Å². The van der Waals surface area contributed by atoms with Gasteiger partial charge >= 0.3 is 0 Å². The molecule has 1 heterocycles. The zero-order chi connectivity index (χ0) is 9.68. The van der Waals surface area contributed by atoms with Gasteiger partial charge in [-0.3, -0.25) is 4.79 Å². The number of thiazole rings is 1. The molecule has 0 saturated heterocycles. The van der Waals surface area contributed by atoms with E-state index in [9.17, 15) is 4.79 Å². The Bertz CT molecular complexity index is 285. The number of rotatable bonds is 4. The number of hydrogen-bond acceptors (Lipinski definition) is 4. The van der Waals surface area contributed by atoms with Crippen LogP contribution >= 0.6 is 11.3 Å². The van der Waals surface area contributed by atoms with E-state index >= 15 is 0 Å². The molecule has 0 unspecified atom stereocenters. The molecular weight excluding hydrogens is 188 g/mol. The fourth-order valence-corrected chi connectivity index (χ4v) is 1.52. The van der Waals surface area contributed by atoms with E-state index in [0.29, 0.717) is 13.0 Å². The second-order valence-corrected chi connectivity index (χ2v) is 3.41. The summed E-state index contributed by atoms with van der Waals surface area (Å²) in [6, 6.07) is 0. The molecule has 1 N–H and O–H groups in total. The summed E-state index contributed by atoms with van der Waals surface area (Å²) < 4.78 is 4.79. The second kappa shape index (κ2) is 4.94. The number of ether oxygens (including phenoxy) is 1. The smallest absolute Gasteiger partial charge is 0.227 e. The van der Waals surface area contributed by atoms with Crippen LogP contribution in [0.1, 0.15) is 12.1 Å². The van der Waals surface area contributed by atoms with Crippen molar-refractivity contribution in [1.29, 1.82) is 0 Å². The summed E-state index contributed by atoms with van der Waals surface area (Å²) in [6.45, 7) is 2.31. The van der Waals surface area contributed by atoms with Gasteiger partial charge in [0.25, 0.3) is 0 Å². The Kier molecular flexibility index (Phi) is 3.85. The van der Waals surface area contributed by atoms with Crippen molar-refractivity contribution in [1.82, 2.24) is 4.98 Å². The third-order valence-electron chi connectivity index (χ3n) is 1.53. The molecule has 0 aliphatic carbocycles. The SMILES string of the molecule is COCCC(=O)Nc1scnc1C. The molecule has 0 spiro atoms. The van der Waals surface area contributed by atoms with Crippen LogP contribution in [0, 0.1) is 6.92 Å². The molecule has 0 fully saturated rings. The van der Waals surface area contributed by atoms with Crippen LogP contribution in [0.15, 0.2) is 5.51 Å². The molecule has 1 amide bonds. The van der Waals surface area contributed by atoms with E-state index < -0.39 is 0 Å². The first-order valence-electron chi connectivity index (χ1n) is 3.93. The third-order valence-corrected chi connectivity index (χ3v) is 2.38. The van der Waals surface area contributed by atoms with E-state index in [1.807, 2.05) is 6.92 Å². The van der Waals surface area contributed by atoms with Gasteiger partial charge in [-0.1, -0.05) is 0 Å². The number of aryl methyl sites for hydroxylation is 1. The number of nitrogens with one attached hydrogen (secondary N) is 1. The summed E-state index contributed by atoms with van der Waals surface area (Å²) >= 11 is 1.43. The number of aromatic nitrogens is 1. The van der Waals surface area contributed by atoms with E-state index in [-0.39, 0.29) is 5.91 Å². The van der Waals surface area contributed by atoms with Gasteiger partial charge in [0.1, 0.15) is 5.00 Å². The van der Waals surface area contributed by atoms with Crippen molar-refractivity contribution in [3.05, 3.63) is 11.2 Å². The average molecular weight is 200 g/mol. The van der Waals surface area contributed by atoms with Crippen LogP contribution in [0.3, 0.4) is 0 Å². The van der Waals surface area contributed by atoms with Crippen molar-refractivity contribution < 1.29 is 9.53 Å². The van der Waals surface area contributed by atoms with Gasteiger partial charge in [-0.05, 0) is 6.92 Å². The predicted molar refractivity (Wildman–Crippen MR) is 52.0 cm³/mol. The molecule has 1 aromatic heterocycles. The van der Waals surface area contributed by atoms with E-state index in [4.69, 9.17) is 4.74 Å². The highest BCUT2D eigenvalue weighted by atomic mass is 32.1.